The topological polar surface area (TPSA) is 24.5 Å². The fourth-order valence-corrected chi connectivity index (χ4v) is 3.74. The largest absolute Gasteiger partial charge is 0.493 e. The van der Waals surface area contributed by atoms with Crippen molar-refractivity contribution < 1.29 is 4.74 Å². The normalized spacial score (nSPS) is 29.2. The van der Waals surface area contributed by atoms with Gasteiger partial charge in [0.05, 0.1) is 6.61 Å². The lowest BCUT2D eigenvalue weighted by Crippen LogP contribution is -2.56. The molecule has 3 nitrogen and oxygen atoms in total. The number of nitrogens with one attached hydrogen (secondary N) is 1. The number of ether oxygens (including phenoxy) is 1. The van der Waals surface area contributed by atoms with E-state index >= 15 is 0 Å². The molecular weight excluding hydrogens is 260 g/mol. The predicted molar refractivity (Wildman–Crippen MR) is 84.9 cm³/mol. The summed E-state index contributed by atoms with van der Waals surface area (Å²) in [5.41, 5.74) is 2.87. The van der Waals surface area contributed by atoms with E-state index in [0.717, 1.165) is 43.7 Å². The van der Waals surface area contributed by atoms with Crippen LogP contribution in [0.2, 0.25) is 0 Å². The third kappa shape index (κ3) is 2.95. The van der Waals surface area contributed by atoms with Crippen molar-refractivity contribution in [2.24, 2.45) is 5.92 Å². The summed E-state index contributed by atoms with van der Waals surface area (Å²) >= 11 is 0. The Hall–Kier alpha value is -1.06. The molecule has 2 heterocycles. The minimum absolute atomic E-state index is 0.665. The average Bonchev–Trinajstić information content (AvgIpc) is 3.24. The zero-order valence-corrected chi connectivity index (χ0v) is 13.0. The van der Waals surface area contributed by atoms with Crippen molar-refractivity contribution in [2.45, 2.75) is 44.7 Å². The third-order valence-corrected chi connectivity index (χ3v) is 5.36. The fraction of sp³-hybridized carbons (Fsp3) is 0.667. The lowest BCUT2D eigenvalue weighted by Gasteiger charge is -2.39. The maximum atomic E-state index is 5.59. The van der Waals surface area contributed by atoms with Crippen LogP contribution in [0.25, 0.3) is 0 Å². The van der Waals surface area contributed by atoms with Crippen molar-refractivity contribution >= 4 is 0 Å². The standard InChI is InChI=1S/C18H26N2O/c1-13-11-19-17(15-3-4-15)12-20(13)8-6-14-2-5-18-16(10-14)7-9-21-18/h2,5,10,13,15,17,19H,3-4,6-9,11-12H2,1H3. The first-order valence-corrected chi connectivity index (χ1v) is 8.51. The number of hydrogen-bond acceptors (Lipinski definition) is 3. The first kappa shape index (κ1) is 13.6. The molecule has 1 N–H and O–H groups in total. The summed E-state index contributed by atoms with van der Waals surface area (Å²) in [4.78, 5) is 2.68. The minimum atomic E-state index is 0.665. The van der Waals surface area contributed by atoms with E-state index < -0.39 is 0 Å². The van der Waals surface area contributed by atoms with Gasteiger partial charge >= 0.3 is 0 Å². The second-order valence-electron chi connectivity index (χ2n) is 6.99. The summed E-state index contributed by atoms with van der Waals surface area (Å²) < 4.78 is 5.59. The van der Waals surface area contributed by atoms with E-state index in [1.807, 2.05) is 0 Å². The second-order valence-corrected chi connectivity index (χ2v) is 6.99. The fourth-order valence-electron chi connectivity index (χ4n) is 3.74. The maximum absolute atomic E-state index is 5.59. The molecule has 3 heteroatoms. The Kier molecular flexibility index (Phi) is 3.64. The van der Waals surface area contributed by atoms with Crippen LogP contribution in [0.15, 0.2) is 18.2 Å². The highest BCUT2D eigenvalue weighted by Gasteiger charge is 2.35. The smallest absolute Gasteiger partial charge is 0.122 e. The SMILES string of the molecule is CC1CNC(C2CC2)CN1CCc1ccc2c(c1)CCO2. The lowest BCUT2D eigenvalue weighted by atomic mass is 10.0. The molecule has 114 valence electrons. The van der Waals surface area contributed by atoms with Gasteiger partial charge in [-0.25, -0.2) is 0 Å². The van der Waals surface area contributed by atoms with Crippen molar-refractivity contribution in [3.05, 3.63) is 29.3 Å². The summed E-state index contributed by atoms with van der Waals surface area (Å²) in [5, 5.41) is 3.73. The van der Waals surface area contributed by atoms with Crippen molar-refractivity contribution in [1.29, 1.82) is 0 Å². The van der Waals surface area contributed by atoms with E-state index in [9.17, 15) is 0 Å². The first-order valence-electron chi connectivity index (χ1n) is 8.51. The van der Waals surface area contributed by atoms with Crippen LogP contribution in [0.5, 0.6) is 5.75 Å². The van der Waals surface area contributed by atoms with Crippen LogP contribution in [0.1, 0.15) is 30.9 Å². The average molecular weight is 286 g/mol. The quantitative estimate of drug-likeness (QED) is 0.918. The van der Waals surface area contributed by atoms with Gasteiger partial charge in [-0.1, -0.05) is 12.1 Å². The molecule has 3 aliphatic rings. The number of piperazine rings is 1. The first-order chi connectivity index (χ1) is 10.3. The van der Waals surface area contributed by atoms with Crippen LogP contribution in [-0.4, -0.2) is 43.2 Å². The molecule has 1 saturated carbocycles. The van der Waals surface area contributed by atoms with Gasteiger partial charge in [0, 0.05) is 38.1 Å². The van der Waals surface area contributed by atoms with E-state index in [1.165, 1.54) is 37.1 Å². The molecule has 1 aromatic carbocycles. The highest BCUT2D eigenvalue weighted by Crippen LogP contribution is 2.34. The van der Waals surface area contributed by atoms with Gasteiger partial charge in [-0.3, -0.25) is 4.90 Å². The molecule has 0 spiro atoms. The highest BCUT2D eigenvalue weighted by molar-refractivity contribution is 5.39. The summed E-state index contributed by atoms with van der Waals surface area (Å²) in [5.74, 6) is 2.06. The van der Waals surface area contributed by atoms with Crippen molar-refractivity contribution in [1.82, 2.24) is 10.2 Å². The Morgan fingerprint density at radius 3 is 3.10 bits per heavy atom. The molecule has 0 radical (unpaired) electrons. The third-order valence-electron chi connectivity index (χ3n) is 5.36. The van der Waals surface area contributed by atoms with Gasteiger partial charge in [-0.2, -0.15) is 0 Å². The molecule has 0 aromatic heterocycles. The Labute approximate surface area is 127 Å². The van der Waals surface area contributed by atoms with Crippen molar-refractivity contribution in [3.8, 4) is 5.75 Å². The van der Waals surface area contributed by atoms with Crippen LogP contribution in [0.3, 0.4) is 0 Å². The van der Waals surface area contributed by atoms with E-state index in [2.05, 4.69) is 35.3 Å². The molecule has 4 rings (SSSR count). The molecule has 1 aliphatic carbocycles. The van der Waals surface area contributed by atoms with Crippen LogP contribution in [0, 0.1) is 5.92 Å². The Morgan fingerprint density at radius 2 is 2.24 bits per heavy atom. The van der Waals surface area contributed by atoms with Gasteiger partial charge < -0.3 is 10.1 Å². The second kappa shape index (κ2) is 5.62. The zero-order chi connectivity index (χ0) is 14.2. The number of rotatable bonds is 4. The van der Waals surface area contributed by atoms with Gasteiger partial charge in [-0.15, -0.1) is 0 Å². The molecular formula is C18H26N2O. The monoisotopic (exact) mass is 286 g/mol. The van der Waals surface area contributed by atoms with Crippen LogP contribution >= 0.6 is 0 Å². The summed E-state index contributed by atoms with van der Waals surface area (Å²) in [6.07, 6.45) is 5.11. The molecule has 2 unspecified atom stereocenters. The van der Waals surface area contributed by atoms with Crippen LogP contribution < -0.4 is 10.1 Å². The summed E-state index contributed by atoms with van der Waals surface area (Å²) in [6.45, 7) is 6.79. The predicted octanol–water partition coefficient (Wildman–Crippen LogP) is 2.24. The Bertz CT molecular complexity index is 512. The maximum Gasteiger partial charge on any atom is 0.122 e. The molecule has 0 amide bonds. The van der Waals surface area contributed by atoms with Crippen LogP contribution in [-0.2, 0) is 12.8 Å². The van der Waals surface area contributed by atoms with E-state index in [1.54, 1.807) is 0 Å². The summed E-state index contributed by atoms with van der Waals surface area (Å²) in [7, 11) is 0. The van der Waals surface area contributed by atoms with Gasteiger partial charge in [0.25, 0.3) is 0 Å². The number of hydrogen-bond donors (Lipinski definition) is 1. The van der Waals surface area contributed by atoms with E-state index in [-0.39, 0.29) is 0 Å². The molecule has 2 fully saturated rings. The zero-order valence-electron chi connectivity index (χ0n) is 13.0. The molecule has 1 aromatic rings. The van der Waals surface area contributed by atoms with Gasteiger partial charge in [0.15, 0.2) is 0 Å². The minimum Gasteiger partial charge on any atom is -0.493 e. The van der Waals surface area contributed by atoms with E-state index in [0.29, 0.717) is 6.04 Å². The summed E-state index contributed by atoms with van der Waals surface area (Å²) in [6, 6.07) is 8.17. The highest BCUT2D eigenvalue weighted by atomic mass is 16.5. The van der Waals surface area contributed by atoms with Crippen molar-refractivity contribution in [3.63, 3.8) is 0 Å². The van der Waals surface area contributed by atoms with Gasteiger partial charge in [0.2, 0.25) is 0 Å². The molecule has 21 heavy (non-hydrogen) atoms. The number of fused-ring (bicyclic) bond motifs is 1. The number of nitrogens with zero attached hydrogens (tertiary/aromatic N) is 1. The van der Waals surface area contributed by atoms with Crippen molar-refractivity contribution in [2.75, 3.05) is 26.2 Å². The number of benzene rings is 1. The van der Waals surface area contributed by atoms with Crippen LogP contribution in [0.4, 0.5) is 0 Å². The Balaban J connectivity index is 1.36. The molecule has 2 atom stereocenters. The van der Waals surface area contributed by atoms with Gasteiger partial charge in [0.1, 0.15) is 5.75 Å². The van der Waals surface area contributed by atoms with E-state index in [4.69, 9.17) is 4.74 Å². The Morgan fingerprint density at radius 1 is 1.33 bits per heavy atom. The molecule has 2 aliphatic heterocycles. The lowest BCUT2D eigenvalue weighted by molar-refractivity contribution is 0.134. The van der Waals surface area contributed by atoms with Gasteiger partial charge in [-0.05, 0) is 49.3 Å². The molecule has 1 saturated heterocycles. The molecule has 0 bridgehead atoms.